The molecule has 3 aromatic rings. The molecule has 4 rings (SSSR count). The van der Waals surface area contributed by atoms with Crippen molar-refractivity contribution < 1.29 is 0 Å². The van der Waals surface area contributed by atoms with Gasteiger partial charge in [-0.05, 0) is 46.6 Å². The predicted molar refractivity (Wildman–Crippen MR) is 97.8 cm³/mol. The lowest BCUT2D eigenvalue weighted by Crippen LogP contribution is -2.01. The molecule has 1 unspecified atom stereocenters. The highest BCUT2D eigenvalue weighted by molar-refractivity contribution is 5.78. The molecule has 0 nitrogen and oxygen atoms in total. The van der Waals surface area contributed by atoms with Crippen LogP contribution in [0.5, 0.6) is 0 Å². The Morgan fingerprint density at radius 2 is 1.22 bits per heavy atom. The Morgan fingerprint density at radius 1 is 0.696 bits per heavy atom. The van der Waals surface area contributed by atoms with Crippen LogP contribution in [0.2, 0.25) is 0 Å². The summed E-state index contributed by atoms with van der Waals surface area (Å²) in [4.78, 5) is 0. The van der Waals surface area contributed by atoms with Crippen LogP contribution < -0.4 is 0 Å². The van der Waals surface area contributed by atoms with Gasteiger partial charge in [-0.15, -0.1) is 0 Å². The van der Waals surface area contributed by atoms with Crippen molar-refractivity contribution in [3.63, 3.8) is 0 Å². The van der Waals surface area contributed by atoms with Crippen LogP contribution in [0.25, 0.3) is 11.1 Å². The van der Waals surface area contributed by atoms with Crippen LogP contribution in [-0.2, 0) is 0 Å². The minimum Gasteiger partial charge on any atom is -0.0622 e. The van der Waals surface area contributed by atoms with Crippen LogP contribution in [0.3, 0.4) is 0 Å². The lowest BCUT2D eigenvalue weighted by Gasteiger charge is -2.17. The molecule has 1 aliphatic carbocycles. The van der Waals surface area contributed by atoms with E-state index >= 15 is 0 Å². The van der Waals surface area contributed by atoms with Gasteiger partial charge >= 0.3 is 0 Å². The van der Waals surface area contributed by atoms with Crippen molar-refractivity contribution >= 4 is 0 Å². The Kier molecular flexibility index (Phi) is 3.75. The molecule has 0 aromatic heterocycles. The number of hydrogen-bond acceptors (Lipinski definition) is 0. The molecule has 1 atom stereocenters. The van der Waals surface area contributed by atoms with Crippen molar-refractivity contribution in [2.75, 3.05) is 0 Å². The SMILES string of the molecule is CC(CCC1c2ccccc2-c2ccccc21)c1ccccc1. The second-order valence-electron chi connectivity index (χ2n) is 6.62. The summed E-state index contributed by atoms with van der Waals surface area (Å²) < 4.78 is 0. The van der Waals surface area contributed by atoms with Gasteiger partial charge in [0.25, 0.3) is 0 Å². The molecule has 3 aromatic carbocycles. The van der Waals surface area contributed by atoms with Crippen molar-refractivity contribution in [3.05, 3.63) is 95.6 Å². The van der Waals surface area contributed by atoms with E-state index in [9.17, 15) is 0 Å². The van der Waals surface area contributed by atoms with Crippen LogP contribution in [0.1, 0.15) is 48.3 Å². The minimum absolute atomic E-state index is 0.550. The summed E-state index contributed by atoms with van der Waals surface area (Å²) in [5, 5.41) is 0. The highest BCUT2D eigenvalue weighted by Gasteiger charge is 2.27. The van der Waals surface area contributed by atoms with E-state index < -0.39 is 0 Å². The molecule has 0 spiro atoms. The van der Waals surface area contributed by atoms with Gasteiger partial charge in [0, 0.05) is 5.92 Å². The molecule has 0 heteroatoms. The third-order valence-electron chi connectivity index (χ3n) is 5.22. The third kappa shape index (κ3) is 2.59. The van der Waals surface area contributed by atoms with Gasteiger partial charge in [0.15, 0.2) is 0 Å². The summed E-state index contributed by atoms with van der Waals surface area (Å²) >= 11 is 0. The first kappa shape index (κ1) is 14.3. The molecule has 114 valence electrons. The van der Waals surface area contributed by atoms with E-state index in [4.69, 9.17) is 0 Å². The van der Waals surface area contributed by atoms with Crippen LogP contribution in [0.15, 0.2) is 78.9 Å². The Labute approximate surface area is 138 Å². The molecule has 23 heavy (non-hydrogen) atoms. The average molecular weight is 298 g/mol. The monoisotopic (exact) mass is 298 g/mol. The van der Waals surface area contributed by atoms with Gasteiger partial charge in [-0.2, -0.15) is 0 Å². The summed E-state index contributed by atoms with van der Waals surface area (Å²) in [6.07, 6.45) is 2.43. The first-order chi connectivity index (χ1) is 11.3. The fourth-order valence-corrected chi connectivity index (χ4v) is 3.94. The molecule has 0 amide bonds. The Bertz CT molecular complexity index is 756. The van der Waals surface area contributed by atoms with Crippen molar-refractivity contribution in [2.24, 2.45) is 0 Å². The number of fused-ring (bicyclic) bond motifs is 3. The molecule has 0 saturated heterocycles. The zero-order valence-electron chi connectivity index (χ0n) is 13.6. The van der Waals surface area contributed by atoms with E-state index in [1.54, 1.807) is 0 Å². The minimum atomic E-state index is 0.550. The van der Waals surface area contributed by atoms with E-state index in [-0.39, 0.29) is 0 Å². The molecule has 0 bridgehead atoms. The summed E-state index contributed by atoms with van der Waals surface area (Å²) in [5.41, 5.74) is 7.33. The van der Waals surface area contributed by atoms with Gasteiger partial charge in [0.05, 0.1) is 0 Å². The first-order valence-corrected chi connectivity index (χ1v) is 8.58. The second kappa shape index (κ2) is 6.04. The van der Waals surface area contributed by atoms with E-state index in [2.05, 4.69) is 85.8 Å². The van der Waals surface area contributed by atoms with Gasteiger partial charge in [0.2, 0.25) is 0 Å². The zero-order chi connectivity index (χ0) is 15.6. The fraction of sp³-hybridized carbons (Fsp3) is 0.217. The molecule has 1 aliphatic rings. The quantitative estimate of drug-likeness (QED) is 0.524. The molecule has 0 heterocycles. The lowest BCUT2D eigenvalue weighted by atomic mass is 9.87. The molecular formula is C23H22. The summed E-state index contributed by atoms with van der Waals surface area (Å²) in [6, 6.07) is 28.7. The zero-order valence-corrected chi connectivity index (χ0v) is 13.6. The smallest absolute Gasteiger partial charge is 0.0102 e. The molecule has 0 N–H and O–H groups in total. The summed E-state index contributed by atoms with van der Waals surface area (Å²) in [5.74, 6) is 1.16. The van der Waals surface area contributed by atoms with E-state index in [0.717, 1.165) is 0 Å². The molecule has 0 fully saturated rings. The standard InChI is InChI=1S/C23H22/c1-17(18-9-3-2-4-10-18)15-16-23-21-13-7-5-11-19(21)20-12-6-8-14-22(20)23/h2-14,17,23H,15-16H2,1H3. The molecule has 0 radical (unpaired) electrons. The summed E-state index contributed by atoms with van der Waals surface area (Å²) in [6.45, 7) is 2.35. The first-order valence-electron chi connectivity index (χ1n) is 8.58. The number of rotatable bonds is 4. The topological polar surface area (TPSA) is 0 Å². The molecular weight excluding hydrogens is 276 g/mol. The highest BCUT2D eigenvalue weighted by Crippen LogP contribution is 2.47. The predicted octanol–water partition coefficient (Wildman–Crippen LogP) is 6.38. The second-order valence-corrected chi connectivity index (χ2v) is 6.62. The number of hydrogen-bond donors (Lipinski definition) is 0. The Hall–Kier alpha value is -2.34. The largest absolute Gasteiger partial charge is 0.0622 e. The average Bonchev–Trinajstić information content (AvgIpc) is 2.94. The van der Waals surface area contributed by atoms with Crippen molar-refractivity contribution in [1.82, 2.24) is 0 Å². The van der Waals surface area contributed by atoms with E-state index in [1.807, 2.05) is 0 Å². The number of benzene rings is 3. The maximum absolute atomic E-state index is 2.35. The third-order valence-corrected chi connectivity index (χ3v) is 5.22. The van der Waals surface area contributed by atoms with E-state index in [0.29, 0.717) is 11.8 Å². The Balaban J connectivity index is 1.60. The van der Waals surface area contributed by atoms with Crippen LogP contribution in [0.4, 0.5) is 0 Å². The maximum Gasteiger partial charge on any atom is 0.0102 e. The highest BCUT2D eigenvalue weighted by atomic mass is 14.3. The van der Waals surface area contributed by atoms with Crippen molar-refractivity contribution in [1.29, 1.82) is 0 Å². The normalized spacial score (nSPS) is 14.3. The van der Waals surface area contributed by atoms with Gasteiger partial charge in [-0.25, -0.2) is 0 Å². The van der Waals surface area contributed by atoms with Gasteiger partial charge in [0.1, 0.15) is 0 Å². The van der Waals surface area contributed by atoms with Crippen LogP contribution in [-0.4, -0.2) is 0 Å². The Morgan fingerprint density at radius 3 is 1.83 bits per heavy atom. The van der Waals surface area contributed by atoms with E-state index in [1.165, 1.54) is 40.7 Å². The maximum atomic E-state index is 2.35. The summed E-state index contributed by atoms with van der Waals surface area (Å²) in [7, 11) is 0. The molecule has 0 saturated carbocycles. The van der Waals surface area contributed by atoms with Crippen molar-refractivity contribution in [3.8, 4) is 11.1 Å². The molecule has 0 aliphatic heterocycles. The lowest BCUT2D eigenvalue weighted by molar-refractivity contribution is 0.597. The fourth-order valence-electron chi connectivity index (χ4n) is 3.94. The van der Waals surface area contributed by atoms with Crippen LogP contribution in [0, 0.1) is 0 Å². The van der Waals surface area contributed by atoms with Gasteiger partial charge in [-0.3, -0.25) is 0 Å². The van der Waals surface area contributed by atoms with Gasteiger partial charge < -0.3 is 0 Å². The van der Waals surface area contributed by atoms with Crippen LogP contribution >= 0.6 is 0 Å². The van der Waals surface area contributed by atoms with Crippen molar-refractivity contribution in [2.45, 2.75) is 31.6 Å². The van der Waals surface area contributed by atoms with Gasteiger partial charge in [-0.1, -0.05) is 85.8 Å².